The predicted molar refractivity (Wildman–Crippen MR) is 86.7 cm³/mol. The maximum absolute atomic E-state index is 12.3. The van der Waals surface area contributed by atoms with E-state index in [9.17, 15) is 9.59 Å². The zero-order valence-corrected chi connectivity index (χ0v) is 13.1. The number of pyridine rings is 1. The van der Waals surface area contributed by atoms with Crippen molar-refractivity contribution in [3.8, 4) is 0 Å². The predicted octanol–water partition coefficient (Wildman–Crippen LogP) is -0.658. The van der Waals surface area contributed by atoms with Crippen LogP contribution in [0.1, 0.15) is 17.7 Å². The smallest absolute Gasteiger partial charge is 0.255 e. The highest BCUT2D eigenvalue weighted by molar-refractivity contribution is 5.78. The zero-order valence-electron chi connectivity index (χ0n) is 13.1. The van der Waals surface area contributed by atoms with E-state index in [0.29, 0.717) is 19.6 Å². The molecule has 0 saturated carbocycles. The van der Waals surface area contributed by atoms with E-state index in [0.717, 1.165) is 29.0 Å². The van der Waals surface area contributed by atoms with Crippen molar-refractivity contribution in [3.05, 3.63) is 44.2 Å². The summed E-state index contributed by atoms with van der Waals surface area (Å²) in [6.07, 6.45) is 9.60. The molecule has 5 nitrogen and oxygen atoms in total. The number of aromatic nitrogens is 1. The van der Waals surface area contributed by atoms with Crippen molar-refractivity contribution in [1.82, 2.24) is 14.8 Å². The van der Waals surface area contributed by atoms with Crippen LogP contribution in [0.25, 0.3) is 12.2 Å². The molecular weight excluding hydrogens is 278 g/mol. The Kier molecular flexibility index (Phi) is 3.98. The Balaban J connectivity index is 2.01. The second-order valence-corrected chi connectivity index (χ2v) is 6.08. The van der Waals surface area contributed by atoms with Crippen molar-refractivity contribution in [2.45, 2.75) is 19.4 Å². The van der Waals surface area contributed by atoms with Gasteiger partial charge in [-0.05, 0) is 37.7 Å². The molecule has 2 heterocycles. The minimum Gasteiger partial charge on any atom is -0.335 e. The number of aromatic amines is 1. The van der Waals surface area contributed by atoms with E-state index in [-0.39, 0.29) is 11.5 Å². The lowest BCUT2D eigenvalue weighted by molar-refractivity contribution is -0.132. The lowest BCUT2D eigenvalue weighted by Gasteiger charge is -2.29. The number of hydrogen-bond donors (Lipinski definition) is 1. The number of carbonyl (C=O) groups is 1. The number of hydrogen-bond acceptors (Lipinski definition) is 3. The summed E-state index contributed by atoms with van der Waals surface area (Å²) in [7, 11) is 3.77. The van der Waals surface area contributed by atoms with Gasteiger partial charge in [0.05, 0.1) is 13.1 Å². The summed E-state index contributed by atoms with van der Waals surface area (Å²) in [6, 6.07) is 0. The fraction of sp³-hybridized carbons (Fsp3) is 0.412. The Morgan fingerprint density at radius 1 is 1.36 bits per heavy atom. The van der Waals surface area contributed by atoms with Crippen molar-refractivity contribution in [3.63, 3.8) is 0 Å². The second kappa shape index (κ2) is 5.93. The van der Waals surface area contributed by atoms with Gasteiger partial charge in [-0.1, -0.05) is 24.3 Å². The quantitative estimate of drug-likeness (QED) is 0.789. The summed E-state index contributed by atoms with van der Waals surface area (Å²) in [5.41, 5.74) is 1.99. The molecule has 0 radical (unpaired) electrons. The number of rotatable bonds is 2. The number of likely N-dealkylation sites (N-methyl/N-ethyl adjacent to an activating group) is 1. The first-order valence-corrected chi connectivity index (χ1v) is 7.60. The Morgan fingerprint density at radius 2 is 2.18 bits per heavy atom. The van der Waals surface area contributed by atoms with Gasteiger partial charge in [-0.25, -0.2) is 0 Å². The first kappa shape index (κ1) is 14.8. The van der Waals surface area contributed by atoms with Gasteiger partial charge in [-0.2, -0.15) is 0 Å². The van der Waals surface area contributed by atoms with Crippen LogP contribution < -0.4 is 16.0 Å². The van der Waals surface area contributed by atoms with Gasteiger partial charge in [0.15, 0.2) is 0 Å². The van der Waals surface area contributed by atoms with Crippen LogP contribution in [-0.2, 0) is 17.8 Å². The molecule has 1 aliphatic carbocycles. The van der Waals surface area contributed by atoms with Crippen LogP contribution in [-0.4, -0.2) is 47.9 Å². The van der Waals surface area contributed by atoms with Gasteiger partial charge in [-0.3, -0.25) is 9.59 Å². The number of nitrogens with one attached hydrogen (secondary N) is 1. The second-order valence-electron chi connectivity index (χ2n) is 6.08. The molecular formula is C17H21N3O2. The van der Waals surface area contributed by atoms with Crippen LogP contribution in [0.2, 0.25) is 0 Å². The third-order valence-electron chi connectivity index (χ3n) is 4.13. The Hall–Kier alpha value is -2.14. The molecule has 0 aromatic carbocycles. The fourth-order valence-corrected chi connectivity index (χ4v) is 3.07. The number of fused-ring (bicyclic) bond motifs is 3. The van der Waals surface area contributed by atoms with E-state index in [4.69, 9.17) is 0 Å². The minimum atomic E-state index is -0.0596. The number of nitrogens with zero attached hydrogens (tertiary/aromatic N) is 2. The minimum absolute atomic E-state index is 0.0596. The molecule has 1 aromatic heterocycles. The Bertz CT molecular complexity index is 802. The molecule has 0 bridgehead atoms. The van der Waals surface area contributed by atoms with Crippen molar-refractivity contribution in [1.29, 1.82) is 0 Å². The van der Waals surface area contributed by atoms with Crippen LogP contribution in [0.4, 0.5) is 0 Å². The van der Waals surface area contributed by atoms with Gasteiger partial charge < -0.3 is 14.8 Å². The molecule has 116 valence electrons. The largest absolute Gasteiger partial charge is 0.335 e. The van der Waals surface area contributed by atoms with Crippen LogP contribution in [0.15, 0.2) is 16.9 Å². The fourth-order valence-electron chi connectivity index (χ4n) is 3.07. The summed E-state index contributed by atoms with van der Waals surface area (Å²) in [5.74, 6) is 0.0990. The normalized spacial score (nSPS) is 16.4. The highest BCUT2D eigenvalue weighted by Gasteiger charge is 2.23. The summed E-state index contributed by atoms with van der Waals surface area (Å²) in [6.45, 7) is 1.59. The Morgan fingerprint density at radius 3 is 2.95 bits per heavy atom. The molecule has 0 atom stereocenters. The molecule has 5 heteroatoms. The lowest BCUT2D eigenvalue weighted by Crippen LogP contribution is -2.49. The van der Waals surface area contributed by atoms with Crippen LogP contribution in [0, 0.1) is 0 Å². The number of amides is 1. The van der Waals surface area contributed by atoms with Crippen molar-refractivity contribution in [2.24, 2.45) is 0 Å². The van der Waals surface area contributed by atoms with E-state index in [1.54, 1.807) is 0 Å². The molecule has 0 fully saturated rings. The average Bonchev–Trinajstić information content (AvgIpc) is 2.72. The van der Waals surface area contributed by atoms with Gasteiger partial charge in [0.25, 0.3) is 5.56 Å². The van der Waals surface area contributed by atoms with Crippen LogP contribution in [0.3, 0.4) is 0 Å². The lowest BCUT2D eigenvalue weighted by atomic mass is 10.0. The Labute approximate surface area is 129 Å². The summed E-state index contributed by atoms with van der Waals surface area (Å²) in [4.78, 5) is 31.2. The van der Waals surface area contributed by atoms with Crippen molar-refractivity contribution in [2.75, 3.05) is 27.2 Å². The number of allylic oxidation sites excluding steroid dienone is 2. The SMILES string of the molecule is CN(C)CC(=O)N1CCc2c([nH]c(=O)c3c2=CC=CCC=3)C1. The van der Waals surface area contributed by atoms with Crippen molar-refractivity contribution < 1.29 is 4.79 Å². The monoisotopic (exact) mass is 299 g/mol. The standard InChI is InChI=1S/C17H21N3O2/c1-19(2)11-16(21)20-9-8-13-12-6-4-3-5-7-14(12)17(22)18-15(13)10-20/h3-4,6-7H,5,8-11H2,1-2H3,(H,18,22). The molecule has 2 aliphatic rings. The maximum atomic E-state index is 12.3. The summed E-state index contributed by atoms with van der Waals surface area (Å²) in [5, 5.41) is 1.78. The molecule has 1 aromatic rings. The highest BCUT2D eigenvalue weighted by Crippen LogP contribution is 2.12. The number of H-pyrrole nitrogens is 1. The number of carbonyl (C=O) groups excluding carboxylic acids is 1. The molecule has 1 aliphatic heterocycles. The molecule has 1 N–H and O–H groups in total. The van der Waals surface area contributed by atoms with E-state index >= 15 is 0 Å². The highest BCUT2D eigenvalue weighted by atomic mass is 16.2. The van der Waals surface area contributed by atoms with Gasteiger partial charge in [0.1, 0.15) is 0 Å². The van der Waals surface area contributed by atoms with E-state index in [2.05, 4.69) is 4.98 Å². The van der Waals surface area contributed by atoms with E-state index in [1.165, 1.54) is 5.56 Å². The van der Waals surface area contributed by atoms with Crippen LogP contribution >= 0.6 is 0 Å². The maximum Gasteiger partial charge on any atom is 0.255 e. The average molecular weight is 299 g/mol. The summed E-state index contributed by atoms with van der Waals surface area (Å²) < 4.78 is 0. The molecule has 0 saturated heterocycles. The molecule has 3 rings (SSSR count). The molecule has 1 amide bonds. The topological polar surface area (TPSA) is 56.4 Å². The first-order chi connectivity index (χ1) is 10.6. The first-order valence-electron chi connectivity index (χ1n) is 7.60. The van der Waals surface area contributed by atoms with E-state index < -0.39 is 0 Å². The zero-order chi connectivity index (χ0) is 15.7. The van der Waals surface area contributed by atoms with Gasteiger partial charge in [0.2, 0.25) is 5.91 Å². The molecule has 0 unspecified atom stereocenters. The third kappa shape index (κ3) is 2.76. The molecule has 0 spiro atoms. The third-order valence-corrected chi connectivity index (χ3v) is 4.13. The van der Waals surface area contributed by atoms with E-state index in [1.807, 2.05) is 48.2 Å². The van der Waals surface area contributed by atoms with Gasteiger partial charge in [-0.15, -0.1) is 0 Å². The molecule has 22 heavy (non-hydrogen) atoms. The van der Waals surface area contributed by atoms with Crippen molar-refractivity contribution >= 4 is 18.1 Å². The van der Waals surface area contributed by atoms with Gasteiger partial charge in [0, 0.05) is 17.5 Å². The van der Waals surface area contributed by atoms with Gasteiger partial charge >= 0.3 is 0 Å². The summed E-state index contributed by atoms with van der Waals surface area (Å²) >= 11 is 0. The van der Waals surface area contributed by atoms with Crippen LogP contribution in [0.5, 0.6) is 0 Å².